The number of rotatable bonds is 3. The first-order valence-corrected chi connectivity index (χ1v) is 7.40. The van der Waals surface area contributed by atoms with Crippen LogP contribution < -0.4 is 0 Å². The number of aromatic nitrogens is 4. The molecular formula is C15H17N5O3. The molecule has 2 atom stereocenters. The highest BCUT2D eigenvalue weighted by Crippen LogP contribution is 2.23. The number of piperidine rings is 1. The molecule has 120 valence electrons. The van der Waals surface area contributed by atoms with Gasteiger partial charge in [-0.05, 0) is 47.0 Å². The van der Waals surface area contributed by atoms with E-state index in [0.29, 0.717) is 18.5 Å². The molecule has 2 unspecified atom stereocenters. The maximum Gasteiger partial charge on any atom is 0.308 e. The van der Waals surface area contributed by atoms with Crippen LogP contribution in [0.5, 0.6) is 0 Å². The van der Waals surface area contributed by atoms with Gasteiger partial charge in [-0.1, -0.05) is 6.92 Å². The van der Waals surface area contributed by atoms with Gasteiger partial charge in [0.1, 0.15) is 6.33 Å². The highest BCUT2D eigenvalue weighted by atomic mass is 16.4. The Hall–Kier alpha value is -2.77. The van der Waals surface area contributed by atoms with Crippen LogP contribution >= 0.6 is 0 Å². The Balaban J connectivity index is 1.76. The van der Waals surface area contributed by atoms with Crippen molar-refractivity contribution in [3.05, 3.63) is 36.2 Å². The Morgan fingerprint density at radius 3 is 2.57 bits per heavy atom. The first-order valence-electron chi connectivity index (χ1n) is 7.40. The molecule has 1 N–H and O–H groups in total. The number of likely N-dealkylation sites (tertiary alicyclic amines) is 1. The first-order chi connectivity index (χ1) is 11.0. The number of amides is 1. The largest absolute Gasteiger partial charge is 0.481 e. The lowest BCUT2D eigenvalue weighted by Crippen LogP contribution is -2.45. The van der Waals surface area contributed by atoms with Gasteiger partial charge in [-0.2, -0.15) is 0 Å². The average molecular weight is 315 g/mol. The van der Waals surface area contributed by atoms with Crippen molar-refractivity contribution >= 4 is 11.9 Å². The van der Waals surface area contributed by atoms with Crippen molar-refractivity contribution in [3.63, 3.8) is 0 Å². The molecule has 0 bridgehead atoms. The Kier molecular flexibility index (Phi) is 4.05. The topological polar surface area (TPSA) is 101 Å². The van der Waals surface area contributed by atoms with Crippen LogP contribution in [0.4, 0.5) is 0 Å². The Morgan fingerprint density at radius 1 is 1.22 bits per heavy atom. The number of nitrogens with zero attached hydrogens (tertiary/aromatic N) is 5. The monoisotopic (exact) mass is 315 g/mol. The fourth-order valence-corrected chi connectivity index (χ4v) is 2.92. The molecular weight excluding hydrogens is 298 g/mol. The fraction of sp³-hybridized carbons (Fsp3) is 0.400. The number of carbonyl (C=O) groups excluding carboxylic acids is 1. The van der Waals surface area contributed by atoms with Gasteiger partial charge in [0.25, 0.3) is 5.91 Å². The van der Waals surface area contributed by atoms with Crippen molar-refractivity contribution in [2.24, 2.45) is 11.8 Å². The molecule has 8 heteroatoms. The number of hydrogen-bond donors (Lipinski definition) is 1. The van der Waals surface area contributed by atoms with Gasteiger partial charge in [-0.3, -0.25) is 9.59 Å². The summed E-state index contributed by atoms with van der Waals surface area (Å²) in [6.45, 7) is 2.81. The van der Waals surface area contributed by atoms with Crippen LogP contribution in [0.1, 0.15) is 23.7 Å². The van der Waals surface area contributed by atoms with Gasteiger partial charge < -0.3 is 10.0 Å². The van der Waals surface area contributed by atoms with Crippen molar-refractivity contribution in [1.29, 1.82) is 0 Å². The molecule has 0 saturated carbocycles. The van der Waals surface area contributed by atoms with E-state index in [0.717, 1.165) is 5.69 Å². The SMILES string of the molecule is CC1CC(C(=O)O)CN(C(=O)c2ccc(-n3cnnn3)cc2)C1. The smallest absolute Gasteiger partial charge is 0.308 e. The van der Waals surface area contributed by atoms with Crippen LogP contribution in [0, 0.1) is 11.8 Å². The molecule has 1 saturated heterocycles. The maximum absolute atomic E-state index is 12.6. The van der Waals surface area contributed by atoms with Gasteiger partial charge in [-0.25, -0.2) is 4.68 Å². The van der Waals surface area contributed by atoms with Gasteiger partial charge in [0.15, 0.2) is 0 Å². The van der Waals surface area contributed by atoms with Crippen molar-refractivity contribution in [3.8, 4) is 5.69 Å². The summed E-state index contributed by atoms with van der Waals surface area (Å²) in [4.78, 5) is 25.4. The van der Waals surface area contributed by atoms with Crippen LogP contribution in [0.2, 0.25) is 0 Å². The van der Waals surface area contributed by atoms with Crippen LogP contribution in [-0.4, -0.2) is 55.2 Å². The fourth-order valence-electron chi connectivity index (χ4n) is 2.92. The summed E-state index contributed by atoms with van der Waals surface area (Å²) in [5.74, 6) is -1.31. The standard InChI is InChI=1S/C15H17N5O3/c1-10-6-12(15(22)23)8-19(7-10)14(21)11-2-4-13(5-3-11)20-9-16-17-18-20/h2-5,9-10,12H,6-8H2,1H3,(H,22,23). The maximum atomic E-state index is 12.6. The minimum atomic E-state index is -0.844. The number of benzene rings is 1. The van der Waals surface area contributed by atoms with Gasteiger partial charge in [0.05, 0.1) is 11.6 Å². The molecule has 3 rings (SSSR count). The Bertz CT molecular complexity index is 698. The van der Waals surface area contributed by atoms with Crippen molar-refractivity contribution in [2.45, 2.75) is 13.3 Å². The third kappa shape index (κ3) is 3.20. The Morgan fingerprint density at radius 2 is 1.96 bits per heavy atom. The molecule has 1 aromatic heterocycles. The summed E-state index contributed by atoms with van der Waals surface area (Å²) in [5, 5.41) is 20.1. The zero-order valence-electron chi connectivity index (χ0n) is 12.7. The molecule has 1 amide bonds. The number of tetrazole rings is 1. The second-order valence-corrected chi connectivity index (χ2v) is 5.89. The van der Waals surface area contributed by atoms with E-state index in [1.807, 2.05) is 6.92 Å². The van der Waals surface area contributed by atoms with Crippen molar-refractivity contribution < 1.29 is 14.7 Å². The molecule has 2 heterocycles. The van der Waals surface area contributed by atoms with E-state index in [4.69, 9.17) is 0 Å². The number of carbonyl (C=O) groups is 2. The lowest BCUT2D eigenvalue weighted by molar-refractivity contribution is -0.143. The van der Waals surface area contributed by atoms with Crippen molar-refractivity contribution in [2.75, 3.05) is 13.1 Å². The molecule has 2 aromatic rings. The molecule has 8 nitrogen and oxygen atoms in total. The molecule has 1 fully saturated rings. The minimum Gasteiger partial charge on any atom is -0.481 e. The number of aliphatic carboxylic acids is 1. The second kappa shape index (κ2) is 6.15. The third-order valence-corrected chi connectivity index (χ3v) is 4.02. The number of hydrogen-bond acceptors (Lipinski definition) is 5. The van der Waals surface area contributed by atoms with E-state index in [9.17, 15) is 14.7 Å². The highest BCUT2D eigenvalue weighted by Gasteiger charge is 2.32. The predicted molar refractivity (Wildman–Crippen MR) is 80.0 cm³/mol. The van der Waals surface area contributed by atoms with Gasteiger partial charge in [0.2, 0.25) is 0 Å². The van der Waals surface area contributed by atoms with E-state index in [1.165, 1.54) is 11.0 Å². The van der Waals surface area contributed by atoms with Gasteiger partial charge >= 0.3 is 5.97 Å². The molecule has 0 aliphatic carbocycles. The van der Waals surface area contributed by atoms with E-state index < -0.39 is 11.9 Å². The van der Waals surface area contributed by atoms with Crippen LogP contribution in [0.15, 0.2) is 30.6 Å². The summed E-state index contributed by atoms with van der Waals surface area (Å²) >= 11 is 0. The zero-order valence-corrected chi connectivity index (χ0v) is 12.7. The molecule has 1 aliphatic rings. The third-order valence-electron chi connectivity index (χ3n) is 4.02. The summed E-state index contributed by atoms with van der Waals surface area (Å²) < 4.78 is 1.50. The minimum absolute atomic E-state index is 0.147. The molecule has 23 heavy (non-hydrogen) atoms. The summed E-state index contributed by atoms with van der Waals surface area (Å²) in [5.41, 5.74) is 1.28. The predicted octanol–water partition coefficient (Wildman–Crippen LogP) is 0.845. The normalized spacial score (nSPS) is 21.2. The molecule has 0 radical (unpaired) electrons. The van der Waals surface area contributed by atoms with Gasteiger partial charge in [0, 0.05) is 18.7 Å². The molecule has 0 spiro atoms. The lowest BCUT2D eigenvalue weighted by atomic mass is 9.90. The van der Waals surface area contributed by atoms with Crippen molar-refractivity contribution in [1.82, 2.24) is 25.1 Å². The van der Waals surface area contributed by atoms with E-state index >= 15 is 0 Å². The van der Waals surface area contributed by atoms with Crippen LogP contribution in [-0.2, 0) is 4.79 Å². The average Bonchev–Trinajstić information content (AvgIpc) is 3.08. The van der Waals surface area contributed by atoms with E-state index in [-0.39, 0.29) is 18.4 Å². The highest BCUT2D eigenvalue weighted by molar-refractivity contribution is 5.94. The summed E-state index contributed by atoms with van der Waals surface area (Å²) in [7, 11) is 0. The Labute approximate surface area is 132 Å². The lowest BCUT2D eigenvalue weighted by Gasteiger charge is -2.34. The quantitative estimate of drug-likeness (QED) is 0.901. The molecule has 1 aliphatic heterocycles. The van der Waals surface area contributed by atoms with E-state index in [2.05, 4.69) is 15.5 Å². The van der Waals surface area contributed by atoms with Crippen LogP contribution in [0.3, 0.4) is 0 Å². The second-order valence-electron chi connectivity index (χ2n) is 5.89. The van der Waals surface area contributed by atoms with E-state index in [1.54, 1.807) is 29.2 Å². The first kappa shape index (κ1) is 15.1. The van der Waals surface area contributed by atoms with Crippen LogP contribution in [0.25, 0.3) is 5.69 Å². The number of carboxylic acids is 1. The molecule has 1 aromatic carbocycles. The van der Waals surface area contributed by atoms with Gasteiger partial charge in [-0.15, -0.1) is 5.10 Å². The summed E-state index contributed by atoms with van der Waals surface area (Å²) in [6, 6.07) is 6.92. The number of carboxylic acid groups (broad SMARTS) is 1. The zero-order chi connectivity index (χ0) is 16.4. The summed E-state index contributed by atoms with van der Waals surface area (Å²) in [6.07, 6.45) is 2.08.